The van der Waals surface area contributed by atoms with E-state index < -0.39 is 17.8 Å². The molecule has 4 atom stereocenters. The van der Waals surface area contributed by atoms with E-state index in [-0.39, 0.29) is 17.7 Å². The number of carboxylic acids is 1. The van der Waals surface area contributed by atoms with E-state index in [0.29, 0.717) is 0 Å². The monoisotopic (exact) mass is 271 g/mol. The molecule has 0 spiro atoms. The molecule has 4 heteroatoms. The molecule has 104 valence electrons. The topological polar surface area (TPSA) is 66.4 Å². The molecule has 1 aromatic carbocycles. The minimum Gasteiger partial charge on any atom is -0.481 e. The molecule has 3 rings (SSSR count). The number of aliphatic carboxylic acids is 1. The predicted molar refractivity (Wildman–Crippen MR) is 75.2 cm³/mol. The summed E-state index contributed by atoms with van der Waals surface area (Å²) in [7, 11) is 0. The molecular formula is C16H17NO3. The first kappa shape index (κ1) is 12.9. The maximum Gasteiger partial charge on any atom is 0.307 e. The summed E-state index contributed by atoms with van der Waals surface area (Å²) in [6.45, 7) is 1.92. The molecule has 2 aliphatic carbocycles. The van der Waals surface area contributed by atoms with Crippen LogP contribution >= 0.6 is 0 Å². The minimum atomic E-state index is -0.869. The number of carbonyl (C=O) groups is 2. The fourth-order valence-corrected chi connectivity index (χ4v) is 3.45. The van der Waals surface area contributed by atoms with Crippen molar-refractivity contribution >= 4 is 17.6 Å². The van der Waals surface area contributed by atoms with Crippen LogP contribution in [0.2, 0.25) is 0 Å². The van der Waals surface area contributed by atoms with Gasteiger partial charge in [0.1, 0.15) is 0 Å². The minimum absolute atomic E-state index is 0.00474. The van der Waals surface area contributed by atoms with E-state index in [4.69, 9.17) is 0 Å². The van der Waals surface area contributed by atoms with Crippen molar-refractivity contribution in [3.63, 3.8) is 0 Å². The zero-order valence-electron chi connectivity index (χ0n) is 11.2. The normalized spacial score (nSPS) is 30.4. The summed E-state index contributed by atoms with van der Waals surface area (Å²) in [6, 6.07) is 7.53. The lowest BCUT2D eigenvalue weighted by Crippen LogP contribution is -2.36. The molecule has 1 saturated carbocycles. The van der Waals surface area contributed by atoms with Crippen LogP contribution in [0.5, 0.6) is 0 Å². The Bertz CT molecular complexity index is 593. The lowest BCUT2D eigenvalue weighted by atomic mass is 9.82. The Morgan fingerprint density at radius 2 is 1.80 bits per heavy atom. The van der Waals surface area contributed by atoms with E-state index in [0.717, 1.165) is 17.7 Å². The third-order valence-electron chi connectivity index (χ3n) is 4.45. The smallest absolute Gasteiger partial charge is 0.307 e. The third-order valence-corrected chi connectivity index (χ3v) is 4.45. The van der Waals surface area contributed by atoms with Crippen LogP contribution < -0.4 is 5.32 Å². The van der Waals surface area contributed by atoms with E-state index in [1.54, 1.807) is 0 Å². The van der Waals surface area contributed by atoms with Gasteiger partial charge >= 0.3 is 5.97 Å². The predicted octanol–water partition coefficient (Wildman–Crippen LogP) is 2.46. The zero-order valence-corrected chi connectivity index (χ0v) is 11.2. The highest BCUT2D eigenvalue weighted by Gasteiger charge is 2.51. The summed E-state index contributed by atoms with van der Waals surface area (Å²) in [5.41, 5.74) is 1.74. The molecule has 2 bridgehead atoms. The first-order valence-electron chi connectivity index (χ1n) is 6.85. The molecule has 4 nitrogen and oxygen atoms in total. The maximum absolute atomic E-state index is 12.5. The summed E-state index contributed by atoms with van der Waals surface area (Å²) >= 11 is 0. The number of allylic oxidation sites excluding steroid dienone is 2. The van der Waals surface area contributed by atoms with Crippen LogP contribution in [0.1, 0.15) is 12.0 Å². The van der Waals surface area contributed by atoms with Crippen LogP contribution in [0.15, 0.2) is 36.4 Å². The van der Waals surface area contributed by atoms with Crippen LogP contribution in [0.3, 0.4) is 0 Å². The Kier molecular flexibility index (Phi) is 3.08. The summed E-state index contributed by atoms with van der Waals surface area (Å²) in [4.78, 5) is 23.9. The van der Waals surface area contributed by atoms with Gasteiger partial charge in [-0.1, -0.05) is 30.4 Å². The van der Waals surface area contributed by atoms with Gasteiger partial charge in [-0.2, -0.15) is 0 Å². The molecule has 0 aliphatic heterocycles. The number of fused-ring (bicyclic) bond motifs is 2. The first-order chi connectivity index (χ1) is 9.58. The van der Waals surface area contributed by atoms with Gasteiger partial charge in [0, 0.05) is 5.69 Å². The van der Waals surface area contributed by atoms with E-state index in [2.05, 4.69) is 5.32 Å². The summed E-state index contributed by atoms with van der Waals surface area (Å²) < 4.78 is 0. The van der Waals surface area contributed by atoms with Gasteiger partial charge in [-0.3, -0.25) is 9.59 Å². The maximum atomic E-state index is 12.5. The number of nitrogens with one attached hydrogen (secondary N) is 1. The lowest BCUT2D eigenvalue weighted by Gasteiger charge is -2.24. The average Bonchev–Trinajstić information content (AvgIpc) is 3.01. The number of rotatable bonds is 3. The van der Waals surface area contributed by atoms with Gasteiger partial charge in [0.25, 0.3) is 0 Å². The van der Waals surface area contributed by atoms with Gasteiger partial charge in [-0.25, -0.2) is 0 Å². The molecule has 2 aliphatic rings. The highest BCUT2D eigenvalue weighted by Crippen LogP contribution is 2.48. The van der Waals surface area contributed by atoms with Crippen LogP contribution in [-0.4, -0.2) is 17.0 Å². The largest absolute Gasteiger partial charge is 0.481 e. The molecule has 0 heterocycles. The quantitative estimate of drug-likeness (QED) is 0.830. The van der Waals surface area contributed by atoms with Crippen molar-refractivity contribution < 1.29 is 14.7 Å². The molecule has 0 unspecified atom stereocenters. The van der Waals surface area contributed by atoms with Gasteiger partial charge in [0.2, 0.25) is 5.91 Å². The summed E-state index contributed by atoms with van der Waals surface area (Å²) in [6.07, 6.45) is 4.72. The Balaban J connectivity index is 1.82. The number of hydrogen-bond donors (Lipinski definition) is 2. The Morgan fingerprint density at radius 1 is 1.15 bits per heavy atom. The highest BCUT2D eigenvalue weighted by molar-refractivity contribution is 5.96. The molecule has 2 N–H and O–H groups in total. The second-order valence-corrected chi connectivity index (χ2v) is 5.64. The lowest BCUT2D eigenvalue weighted by molar-refractivity contribution is -0.146. The second-order valence-electron chi connectivity index (χ2n) is 5.64. The molecule has 0 aromatic heterocycles. The van der Waals surface area contributed by atoms with Crippen molar-refractivity contribution in [3.05, 3.63) is 42.0 Å². The van der Waals surface area contributed by atoms with E-state index >= 15 is 0 Å². The standard InChI is InChI=1S/C16H17NO3/c1-9-4-2-3-5-12(9)17-15(18)13-10-6-7-11(8-10)14(13)16(19)20/h2-7,10-11,13-14H,8H2,1H3,(H,17,18)(H,19,20)/t10-,11-,13-,14-/m1/s1. The average molecular weight is 271 g/mol. The van der Waals surface area contributed by atoms with E-state index in [1.165, 1.54) is 0 Å². The van der Waals surface area contributed by atoms with Gasteiger partial charge in [-0.15, -0.1) is 0 Å². The molecule has 0 radical (unpaired) electrons. The zero-order chi connectivity index (χ0) is 14.3. The number of amides is 1. The van der Waals surface area contributed by atoms with Crippen molar-refractivity contribution in [2.75, 3.05) is 5.32 Å². The van der Waals surface area contributed by atoms with Gasteiger partial charge < -0.3 is 10.4 Å². The molecular weight excluding hydrogens is 254 g/mol. The molecule has 1 amide bonds. The Morgan fingerprint density at radius 3 is 2.45 bits per heavy atom. The number of carboxylic acid groups (broad SMARTS) is 1. The highest BCUT2D eigenvalue weighted by atomic mass is 16.4. The van der Waals surface area contributed by atoms with Crippen LogP contribution in [-0.2, 0) is 9.59 Å². The van der Waals surface area contributed by atoms with E-state index in [9.17, 15) is 14.7 Å². The first-order valence-corrected chi connectivity index (χ1v) is 6.85. The van der Waals surface area contributed by atoms with Gasteiger partial charge in [0.15, 0.2) is 0 Å². The Hall–Kier alpha value is -2.10. The Labute approximate surface area is 117 Å². The van der Waals surface area contributed by atoms with Crippen molar-refractivity contribution in [2.24, 2.45) is 23.7 Å². The van der Waals surface area contributed by atoms with E-state index in [1.807, 2.05) is 43.3 Å². The number of para-hydroxylation sites is 1. The van der Waals surface area contributed by atoms with Crippen LogP contribution in [0, 0.1) is 30.6 Å². The SMILES string of the molecule is Cc1ccccc1NC(=O)[C@H]1[C@H](C(=O)O)[C@@H]2C=C[C@@H]1C2. The summed E-state index contributed by atoms with van der Waals surface area (Å²) in [5.74, 6) is -2.03. The summed E-state index contributed by atoms with van der Waals surface area (Å²) in [5, 5.41) is 12.2. The number of benzene rings is 1. The number of carbonyl (C=O) groups excluding carboxylic acids is 1. The van der Waals surface area contributed by atoms with Crippen LogP contribution in [0.25, 0.3) is 0 Å². The van der Waals surface area contributed by atoms with Crippen molar-refractivity contribution in [1.29, 1.82) is 0 Å². The number of aryl methyl sites for hydroxylation is 1. The fraction of sp³-hybridized carbons (Fsp3) is 0.375. The van der Waals surface area contributed by atoms with Gasteiger partial charge in [0.05, 0.1) is 11.8 Å². The third kappa shape index (κ3) is 2.01. The second kappa shape index (κ2) is 4.78. The van der Waals surface area contributed by atoms with Crippen molar-refractivity contribution in [2.45, 2.75) is 13.3 Å². The molecule has 0 saturated heterocycles. The van der Waals surface area contributed by atoms with Crippen molar-refractivity contribution in [3.8, 4) is 0 Å². The number of anilines is 1. The van der Waals surface area contributed by atoms with Gasteiger partial charge in [-0.05, 0) is 36.8 Å². The fourth-order valence-electron chi connectivity index (χ4n) is 3.45. The number of hydrogen-bond acceptors (Lipinski definition) is 2. The van der Waals surface area contributed by atoms with Crippen molar-refractivity contribution in [1.82, 2.24) is 0 Å². The molecule has 20 heavy (non-hydrogen) atoms. The molecule has 1 fully saturated rings. The van der Waals surface area contributed by atoms with Crippen LogP contribution in [0.4, 0.5) is 5.69 Å². The molecule has 1 aromatic rings.